The van der Waals surface area contributed by atoms with Crippen LogP contribution in [0, 0.1) is 5.92 Å². The second kappa shape index (κ2) is 7.76. The van der Waals surface area contributed by atoms with Gasteiger partial charge in [0, 0.05) is 26.1 Å². The van der Waals surface area contributed by atoms with Gasteiger partial charge in [-0.3, -0.25) is 4.79 Å². The van der Waals surface area contributed by atoms with Crippen LogP contribution in [0.4, 0.5) is 0 Å². The SMILES string of the molecule is CNCCCN(C)C(=O)C(C)CNC. The van der Waals surface area contributed by atoms with Gasteiger partial charge >= 0.3 is 0 Å². The minimum Gasteiger partial charge on any atom is -0.345 e. The van der Waals surface area contributed by atoms with Crippen molar-refractivity contribution in [2.45, 2.75) is 13.3 Å². The first-order valence-electron chi connectivity index (χ1n) is 5.17. The molecule has 0 aliphatic rings. The minimum absolute atomic E-state index is 0.0691. The van der Waals surface area contributed by atoms with Crippen LogP contribution >= 0.6 is 0 Å². The number of carbonyl (C=O) groups is 1. The van der Waals surface area contributed by atoms with E-state index in [1.807, 2.05) is 28.1 Å². The van der Waals surface area contributed by atoms with Gasteiger partial charge in [0.2, 0.25) is 5.91 Å². The number of nitrogens with zero attached hydrogens (tertiary/aromatic N) is 1. The molecule has 0 aromatic heterocycles. The summed E-state index contributed by atoms with van der Waals surface area (Å²) in [5.74, 6) is 0.287. The van der Waals surface area contributed by atoms with E-state index >= 15 is 0 Å². The molecular formula is C10H23N3O. The Morgan fingerprint density at radius 3 is 2.50 bits per heavy atom. The predicted octanol–water partition coefficient (Wildman–Crippen LogP) is -0.0902. The van der Waals surface area contributed by atoms with Gasteiger partial charge in [0.05, 0.1) is 0 Å². The van der Waals surface area contributed by atoms with Crippen LogP contribution in [0.1, 0.15) is 13.3 Å². The maximum Gasteiger partial charge on any atom is 0.226 e. The normalized spacial score (nSPS) is 12.6. The van der Waals surface area contributed by atoms with E-state index in [9.17, 15) is 4.79 Å². The van der Waals surface area contributed by atoms with Crippen LogP contribution in [0.2, 0.25) is 0 Å². The van der Waals surface area contributed by atoms with Crippen molar-refractivity contribution >= 4 is 5.91 Å². The maximum absolute atomic E-state index is 11.7. The lowest BCUT2D eigenvalue weighted by Crippen LogP contribution is -2.37. The molecule has 0 aliphatic carbocycles. The summed E-state index contributed by atoms with van der Waals surface area (Å²) in [4.78, 5) is 13.5. The Bertz CT molecular complexity index is 161. The summed E-state index contributed by atoms with van der Waals surface area (Å²) in [7, 11) is 5.65. The number of nitrogens with one attached hydrogen (secondary N) is 2. The molecule has 2 N–H and O–H groups in total. The summed E-state index contributed by atoms with van der Waals surface area (Å²) in [6.45, 7) is 4.48. The highest BCUT2D eigenvalue weighted by atomic mass is 16.2. The average molecular weight is 201 g/mol. The summed E-state index contributed by atoms with van der Waals surface area (Å²) in [5, 5.41) is 6.08. The lowest BCUT2D eigenvalue weighted by molar-refractivity contribution is -0.133. The first-order valence-corrected chi connectivity index (χ1v) is 5.17. The van der Waals surface area contributed by atoms with Gasteiger partial charge in [-0.15, -0.1) is 0 Å². The molecule has 0 spiro atoms. The molecule has 84 valence electrons. The monoisotopic (exact) mass is 201 g/mol. The molecule has 1 amide bonds. The molecule has 0 saturated heterocycles. The summed E-state index contributed by atoms with van der Waals surface area (Å²) in [6.07, 6.45) is 1.00. The zero-order valence-electron chi connectivity index (χ0n) is 9.76. The van der Waals surface area contributed by atoms with E-state index in [-0.39, 0.29) is 11.8 Å². The summed E-state index contributed by atoms with van der Waals surface area (Å²) < 4.78 is 0. The number of carbonyl (C=O) groups excluding carboxylic acids is 1. The van der Waals surface area contributed by atoms with Crippen LogP contribution in [0.15, 0.2) is 0 Å². The molecule has 0 fully saturated rings. The van der Waals surface area contributed by atoms with Gasteiger partial charge in [-0.25, -0.2) is 0 Å². The van der Waals surface area contributed by atoms with E-state index in [4.69, 9.17) is 0 Å². The zero-order chi connectivity index (χ0) is 11.0. The Hall–Kier alpha value is -0.610. The topological polar surface area (TPSA) is 44.4 Å². The van der Waals surface area contributed by atoms with Crippen LogP contribution < -0.4 is 10.6 Å². The summed E-state index contributed by atoms with van der Waals surface area (Å²) in [5.41, 5.74) is 0. The third-order valence-electron chi connectivity index (χ3n) is 2.23. The lowest BCUT2D eigenvalue weighted by atomic mass is 10.1. The highest BCUT2D eigenvalue weighted by molar-refractivity contribution is 5.78. The van der Waals surface area contributed by atoms with Crippen LogP contribution in [0.3, 0.4) is 0 Å². The molecule has 0 bridgehead atoms. The third-order valence-corrected chi connectivity index (χ3v) is 2.23. The predicted molar refractivity (Wildman–Crippen MR) is 59.3 cm³/mol. The number of amides is 1. The molecule has 4 nitrogen and oxygen atoms in total. The van der Waals surface area contributed by atoms with Crippen molar-refractivity contribution in [1.29, 1.82) is 0 Å². The molecule has 0 aromatic carbocycles. The van der Waals surface area contributed by atoms with Crippen molar-refractivity contribution in [2.75, 3.05) is 40.8 Å². The molecule has 0 saturated carbocycles. The lowest BCUT2D eigenvalue weighted by Gasteiger charge is -2.21. The van der Waals surface area contributed by atoms with Crippen molar-refractivity contribution < 1.29 is 4.79 Å². The Morgan fingerprint density at radius 2 is 2.00 bits per heavy atom. The van der Waals surface area contributed by atoms with E-state index in [1.165, 1.54) is 0 Å². The first-order chi connectivity index (χ1) is 6.63. The Balaban J connectivity index is 3.74. The average Bonchev–Trinajstić information content (AvgIpc) is 2.17. The summed E-state index contributed by atoms with van der Waals surface area (Å²) >= 11 is 0. The molecule has 1 atom stereocenters. The number of hydrogen-bond acceptors (Lipinski definition) is 3. The Kier molecular flexibility index (Phi) is 7.42. The third kappa shape index (κ3) is 5.19. The van der Waals surface area contributed by atoms with Gasteiger partial charge in [-0.05, 0) is 27.1 Å². The van der Waals surface area contributed by atoms with Crippen LogP contribution in [-0.4, -0.2) is 51.6 Å². The molecular weight excluding hydrogens is 178 g/mol. The molecule has 0 aromatic rings. The maximum atomic E-state index is 11.7. The van der Waals surface area contributed by atoms with Crippen molar-refractivity contribution in [3.05, 3.63) is 0 Å². The van der Waals surface area contributed by atoms with Crippen molar-refractivity contribution in [3.63, 3.8) is 0 Å². The van der Waals surface area contributed by atoms with Crippen molar-refractivity contribution in [3.8, 4) is 0 Å². The van der Waals surface area contributed by atoms with E-state index in [0.29, 0.717) is 0 Å². The molecule has 0 heterocycles. The smallest absolute Gasteiger partial charge is 0.226 e. The second-order valence-corrected chi connectivity index (χ2v) is 3.68. The van der Waals surface area contributed by atoms with E-state index in [2.05, 4.69) is 10.6 Å². The van der Waals surface area contributed by atoms with Gasteiger partial charge in [-0.1, -0.05) is 6.92 Å². The standard InChI is InChI=1S/C10H23N3O/c1-9(8-12-3)10(14)13(4)7-5-6-11-2/h9,11-12H,5-8H2,1-4H3. The molecule has 4 heteroatoms. The highest BCUT2D eigenvalue weighted by Gasteiger charge is 2.15. The zero-order valence-corrected chi connectivity index (χ0v) is 9.76. The molecule has 0 radical (unpaired) electrons. The van der Waals surface area contributed by atoms with E-state index in [0.717, 1.165) is 26.1 Å². The van der Waals surface area contributed by atoms with Crippen molar-refractivity contribution in [1.82, 2.24) is 15.5 Å². The quantitative estimate of drug-likeness (QED) is 0.566. The fourth-order valence-corrected chi connectivity index (χ4v) is 1.37. The van der Waals surface area contributed by atoms with Gasteiger partial charge in [0.25, 0.3) is 0 Å². The molecule has 1 unspecified atom stereocenters. The van der Waals surface area contributed by atoms with Gasteiger partial charge < -0.3 is 15.5 Å². The molecule has 0 aliphatic heterocycles. The summed E-state index contributed by atoms with van der Waals surface area (Å²) in [6, 6.07) is 0. The first kappa shape index (κ1) is 13.4. The largest absolute Gasteiger partial charge is 0.345 e. The minimum atomic E-state index is 0.0691. The highest BCUT2D eigenvalue weighted by Crippen LogP contribution is 1.99. The molecule has 0 rings (SSSR count). The van der Waals surface area contributed by atoms with E-state index in [1.54, 1.807) is 4.90 Å². The molecule has 14 heavy (non-hydrogen) atoms. The van der Waals surface area contributed by atoms with Crippen LogP contribution in [0.5, 0.6) is 0 Å². The Morgan fingerprint density at radius 1 is 1.36 bits per heavy atom. The van der Waals surface area contributed by atoms with Crippen molar-refractivity contribution in [2.24, 2.45) is 5.92 Å². The second-order valence-electron chi connectivity index (χ2n) is 3.68. The van der Waals surface area contributed by atoms with Gasteiger partial charge in [0.15, 0.2) is 0 Å². The van der Waals surface area contributed by atoms with Gasteiger partial charge in [-0.2, -0.15) is 0 Å². The van der Waals surface area contributed by atoms with E-state index < -0.39 is 0 Å². The fraction of sp³-hybridized carbons (Fsp3) is 0.900. The number of rotatable bonds is 7. The van der Waals surface area contributed by atoms with Gasteiger partial charge in [0.1, 0.15) is 0 Å². The Labute approximate surface area is 87.0 Å². The van der Waals surface area contributed by atoms with Crippen LogP contribution in [0.25, 0.3) is 0 Å². The fourth-order valence-electron chi connectivity index (χ4n) is 1.37. The number of hydrogen-bond donors (Lipinski definition) is 2. The van der Waals surface area contributed by atoms with Crippen LogP contribution in [-0.2, 0) is 4.79 Å².